The van der Waals surface area contributed by atoms with E-state index in [-0.39, 0.29) is 6.03 Å². The highest BCUT2D eigenvalue weighted by Crippen LogP contribution is 2.06. The molecule has 0 radical (unpaired) electrons. The third kappa shape index (κ3) is 2.57. The standard InChI is InChI=1S/C6H9N3OS/c7-9-6(10)8-4-5-2-1-3-11-5/h1-3H,4,7H2,(H2,8,9,10). The summed E-state index contributed by atoms with van der Waals surface area (Å²) in [6.07, 6.45) is 0. The lowest BCUT2D eigenvalue weighted by Gasteiger charge is -2.00. The van der Waals surface area contributed by atoms with Gasteiger partial charge in [-0.05, 0) is 11.4 Å². The van der Waals surface area contributed by atoms with Crippen LogP contribution in [-0.4, -0.2) is 6.03 Å². The second kappa shape index (κ2) is 3.95. The number of carbonyl (C=O) groups excluding carboxylic acids is 1. The minimum atomic E-state index is -0.363. The third-order valence-electron chi connectivity index (χ3n) is 1.13. The fourth-order valence-corrected chi connectivity index (χ4v) is 1.28. The number of hydrazine groups is 1. The average Bonchev–Trinajstić information content (AvgIpc) is 2.52. The quantitative estimate of drug-likeness (QED) is 0.343. The zero-order chi connectivity index (χ0) is 8.10. The van der Waals surface area contributed by atoms with Crippen LogP contribution in [0.5, 0.6) is 0 Å². The number of hydrogen-bond donors (Lipinski definition) is 3. The van der Waals surface area contributed by atoms with Crippen molar-refractivity contribution in [2.75, 3.05) is 0 Å². The predicted molar refractivity (Wildman–Crippen MR) is 43.9 cm³/mol. The van der Waals surface area contributed by atoms with Gasteiger partial charge in [0.1, 0.15) is 0 Å². The SMILES string of the molecule is NNC(=O)NCc1cccs1. The van der Waals surface area contributed by atoms with Crippen molar-refractivity contribution in [1.29, 1.82) is 0 Å². The van der Waals surface area contributed by atoms with E-state index >= 15 is 0 Å². The summed E-state index contributed by atoms with van der Waals surface area (Å²) in [6.45, 7) is 0.528. The van der Waals surface area contributed by atoms with Crippen molar-refractivity contribution in [3.63, 3.8) is 0 Å². The minimum absolute atomic E-state index is 0.363. The number of nitrogens with two attached hydrogens (primary N) is 1. The molecule has 0 saturated heterocycles. The molecule has 0 aliphatic heterocycles. The van der Waals surface area contributed by atoms with Crippen LogP contribution in [0.4, 0.5) is 4.79 Å². The summed E-state index contributed by atoms with van der Waals surface area (Å²) in [7, 11) is 0. The first kappa shape index (κ1) is 8.03. The summed E-state index contributed by atoms with van der Waals surface area (Å²) in [6, 6.07) is 3.52. The Morgan fingerprint density at radius 3 is 3.09 bits per heavy atom. The molecule has 11 heavy (non-hydrogen) atoms. The van der Waals surface area contributed by atoms with Crippen LogP contribution in [0, 0.1) is 0 Å². The molecule has 1 aromatic rings. The van der Waals surface area contributed by atoms with Gasteiger partial charge in [0, 0.05) is 4.88 Å². The van der Waals surface area contributed by atoms with E-state index in [9.17, 15) is 4.79 Å². The van der Waals surface area contributed by atoms with Crippen LogP contribution in [0.3, 0.4) is 0 Å². The molecule has 0 aromatic carbocycles. The number of nitrogens with one attached hydrogen (secondary N) is 2. The monoisotopic (exact) mass is 171 g/mol. The van der Waals surface area contributed by atoms with Gasteiger partial charge in [0.05, 0.1) is 6.54 Å². The van der Waals surface area contributed by atoms with E-state index in [2.05, 4.69) is 5.32 Å². The summed E-state index contributed by atoms with van der Waals surface area (Å²) in [5.41, 5.74) is 1.98. The smallest absolute Gasteiger partial charge is 0.329 e. The van der Waals surface area contributed by atoms with Crippen molar-refractivity contribution in [1.82, 2.24) is 10.7 Å². The fourth-order valence-electron chi connectivity index (χ4n) is 0.632. The molecule has 1 rings (SSSR count). The van der Waals surface area contributed by atoms with Crippen molar-refractivity contribution in [2.24, 2.45) is 5.84 Å². The molecule has 0 unspecified atom stereocenters. The lowest BCUT2D eigenvalue weighted by atomic mass is 10.5. The van der Waals surface area contributed by atoms with Gasteiger partial charge in [-0.3, -0.25) is 5.43 Å². The molecule has 0 aliphatic rings. The van der Waals surface area contributed by atoms with E-state index in [0.717, 1.165) is 4.88 Å². The Morgan fingerprint density at radius 1 is 1.73 bits per heavy atom. The van der Waals surface area contributed by atoms with Gasteiger partial charge in [0.2, 0.25) is 0 Å². The van der Waals surface area contributed by atoms with Crippen LogP contribution in [0.2, 0.25) is 0 Å². The summed E-state index contributed by atoms with van der Waals surface area (Å²) in [5, 5.41) is 4.53. The van der Waals surface area contributed by atoms with Gasteiger partial charge >= 0.3 is 6.03 Å². The normalized spacial score (nSPS) is 9.18. The first-order valence-corrected chi connectivity index (χ1v) is 3.97. The molecule has 5 heteroatoms. The lowest BCUT2D eigenvalue weighted by molar-refractivity contribution is 0.241. The van der Waals surface area contributed by atoms with Crippen molar-refractivity contribution < 1.29 is 4.79 Å². The van der Waals surface area contributed by atoms with E-state index in [4.69, 9.17) is 5.84 Å². The summed E-state index contributed by atoms with van der Waals surface area (Å²) in [5.74, 6) is 4.85. The molecule has 1 aromatic heterocycles. The van der Waals surface area contributed by atoms with E-state index in [1.54, 1.807) is 11.3 Å². The maximum absolute atomic E-state index is 10.6. The summed E-state index contributed by atoms with van der Waals surface area (Å²) < 4.78 is 0. The summed E-state index contributed by atoms with van der Waals surface area (Å²) in [4.78, 5) is 11.7. The Morgan fingerprint density at radius 2 is 2.55 bits per heavy atom. The van der Waals surface area contributed by atoms with Gasteiger partial charge in [-0.25, -0.2) is 10.6 Å². The molecule has 1 heterocycles. The Kier molecular flexibility index (Phi) is 2.88. The van der Waals surface area contributed by atoms with Crippen LogP contribution >= 0.6 is 11.3 Å². The number of urea groups is 1. The van der Waals surface area contributed by atoms with Crippen LogP contribution in [0.25, 0.3) is 0 Å². The van der Waals surface area contributed by atoms with E-state index in [1.807, 2.05) is 22.9 Å². The predicted octanol–water partition coefficient (Wildman–Crippen LogP) is 0.421. The van der Waals surface area contributed by atoms with Gasteiger partial charge in [-0.15, -0.1) is 11.3 Å². The van der Waals surface area contributed by atoms with Crippen LogP contribution in [-0.2, 0) is 6.54 Å². The number of carbonyl (C=O) groups is 1. The van der Waals surface area contributed by atoms with Crippen molar-refractivity contribution in [2.45, 2.75) is 6.54 Å². The van der Waals surface area contributed by atoms with Gasteiger partial charge in [0.25, 0.3) is 0 Å². The molecule has 4 N–H and O–H groups in total. The molecule has 4 nitrogen and oxygen atoms in total. The average molecular weight is 171 g/mol. The third-order valence-corrected chi connectivity index (χ3v) is 2.01. The van der Waals surface area contributed by atoms with Crippen LogP contribution in [0.1, 0.15) is 4.88 Å². The summed E-state index contributed by atoms with van der Waals surface area (Å²) >= 11 is 1.59. The Bertz CT molecular complexity index is 222. The number of hydrogen-bond acceptors (Lipinski definition) is 3. The number of amides is 2. The minimum Gasteiger partial charge on any atom is -0.332 e. The van der Waals surface area contributed by atoms with Gasteiger partial charge in [0.15, 0.2) is 0 Å². The highest BCUT2D eigenvalue weighted by molar-refractivity contribution is 7.09. The molecule has 60 valence electrons. The molecule has 0 saturated carbocycles. The first-order valence-electron chi connectivity index (χ1n) is 3.10. The molecule has 0 fully saturated rings. The number of rotatable bonds is 2. The molecule has 0 aliphatic carbocycles. The highest BCUT2D eigenvalue weighted by atomic mass is 32.1. The topological polar surface area (TPSA) is 67.1 Å². The molecule has 2 amide bonds. The van der Waals surface area contributed by atoms with Crippen molar-refractivity contribution in [3.05, 3.63) is 22.4 Å². The van der Waals surface area contributed by atoms with Crippen LogP contribution in [0.15, 0.2) is 17.5 Å². The zero-order valence-electron chi connectivity index (χ0n) is 5.83. The maximum atomic E-state index is 10.6. The largest absolute Gasteiger partial charge is 0.332 e. The molecule has 0 atom stereocenters. The molecule has 0 spiro atoms. The fraction of sp³-hybridized carbons (Fsp3) is 0.167. The van der Waals surface area contributed by atoms with E-state index in [0.29, 0.717) is 6.54 Å². The Hall–Kier alpha value is -1.07. The second-order valence-electron chi connectivity index (χ2n) is 1.91. The lowest BCUT2D eigenvalue weighted by Crippen LogP contribution is -2.39. The van der Waals surface area contributed by atoms with E-state index < -0.39 is 0 Å². The highest BCUT2D eigenvalue weighted by Gasteiger charge is 1.96. The molecular formula is C6H9N3OS. The Balaban J connectivity index is 2.29. The van der Waals surface area contributed by atoms with Crippen molar-refractivity contribution in [3.8, 4) is 0 Å². The second-order valence-corrected chi connectivity index (χ2v) is 2.94. The van der Waals surface area contributed by atoms with Crippen LogP contribution < -0.4 is 16.6 Å². The zero-order valence-corrected chi connectivity index (χ0v) is 6.65. The van der Waals surface area contributed by atoms with E-state index in [1.165, 1.54) is 0 Å². The number of thiophene rings is 1. The van der Waals surface area contributed by atoms with Gasteiger partial charge < -0.3 is 5.32 Å². The van der Waals surface area contributed by atoms with Gasteiger partial charge in [-0.1, -0.05) is 6.07 Å². The van der Waals surface area contributed by atoms with Gasteiger partial charge in [-0.2, -0.15) is 0 Å². The first-order chi connectivity index (χ1) is 5.33. The van der Waals surface area contributed by atoms with Crippen molar-refractivity contribution >= 4 is 17.4 Å². The molecular weight excluding hydrogens is 162 g/mol. The maximum Gasteiger partial charge on any atom is 0.329 e. The molecule has 0 bridgehead atoms. The Labute approximate surface area is 68.4 Å².